The van der Waals surface area contributed by atoms with E-state index in [4.69, 9.17) is 20.9 Å². The summed E-state index contributed by atoms with van der Waals surface area (Å²) >= 11 is 5.90. The number of guanidine groups is 1. The summed E-state index contributed by atoms with van der Waals surface area (Å²) in [5, 5.41) is 11.1. The number of halogens is 2. The maximum absolute atomic E-state index is 5.90. The van der Waals surface area contributed by atoms with Crippen molar-refractivity contribution in [1.29, 1.82) is 0 Å². The summed E-state index contributed by atoms with van der Waals surface area (Å²) in [6, 6.07) is 17.4. The number of aromatic nitrogens is 2. The molecular weight excluding hydrogens is 517 g/mol. The molecule has 0 saturated carbocycles. The van der Waals surface area contributed by atoms with Gasteiger partial charge in [0.2, 0.25) is 11.7 Å². The molecule has 3 rings (SSSR count). The molecule has 2 N–H and O–H groups in total. The van der Waals surface area contributed by atoms with Crippen LogP contribution in [0.5, 0.6) is 0 Å². The number of benzene rings is 2. The quantitative estimate of drug-likeness (QED) is 0.185. The highest BCUT2D eigenvalue weighted by atomic mass is 127. The molecule has 0 radical (unpaired) electrons. The number of nitrogens with zero attached hydrogens (tertiary/aromatic N) is 3. The van der Waals surface area contributed by atoms with Gasteiger partial charge >= 0.3 is 0 Å². The van der Waals surface area contributed by atoms with Crippen LogP contribution >= 0.6 is 35.6 Å². The molecule has 0 fully saturated rings. The zero-order chi connectivity index (χ0) is 20.3. The van der Waals surface area contributed by atoms with Gasteiger partial charge < -0.3 is 19.9 Å². The van der Waals surface area contributed by atoms with Crippen molar-refractivity contribution in [2.45, 2.75) is 13.0 Å². The molecule has 0 aliphatic rings. The van der Waals surface area contributed by atoms with E-state index < -0.39 is 0 Å². The summed E-state index contributed by atoms with van der Waals surface area (Å²) in [7, 11) is 1.73. The summed E-state index contributed by atoms with van der Waals surface area (Å²) < 4.78 is 11.0. The predicted molar refractivity (Wildman–Crippen MR) is 129 cm³/mol. The highest BCUT2D eigenvalue weighted by molar-refractivity contribution is 14.0. The maximum Gasteiger partial charge on any atom is 0.228 e. The summed E-state index contributed by atoms with van der Waals surface area (Å²) in [5.41, 5.74) is 2.03. The summed E-state index contributed by atoms with van der Waals surface area (Å²) in [5.74, 6) is 1.81. The Hall–Kier alpha value is -2.17. The van der Waals surface area contributed by atoms with Crippen molar-refractivity contribution in [1.82, 2.24) is 20.8 Å². The summed E-state index contributed by atoms with van der Waals surface area (Å²) in [6.45, 7) is 2.46. The highest BCUT2D eigenvalue weighted by Gasteiger charge is 2.08. The van der Waals surface area contributed by atoms with Gasteiger partial charge in [-0.2, -0.15) is 4.98 Å². The SMILES string of the molecule is CN=C(NCCOCc1ccccc1)NCCc1nc(-c2ccc(Cl)cc2)no1.I. The van der Waals surface area contributed by atoms with Crippen LogP contribution in [0.2, 0.25) is 5.02 Å². The average molecular weight is 542 g/mol. The molecule has 0 aliphatic carbocycles. The third-order valence-corrected chi connectivity index (χ3v) is 4.33. The molecule has 1 heterocycles. The molecule has 0 unspecified atom stereocenters. The smallest absolute Gasteiger partial charge is 0.228 e. The Labute approximate surface area is 198 Å². The minimum Gasteiger partial charge on any atom is -0.375 e. The van der Waals surface area contributed by atoms with Gasteiger partial charge in [0, 0.05) is 37.1 Å². The van der Waals surface area contributed by atoms with E-state index in [0.717, 1.165) is 11.1 Å². The monoisotopic (exact) mass is 541 g/mol. The van der Waals surface area contributed by atoms with Gasteiger partial charge in [0.1, 0.15) is 0 Å². The minimum absolute atomic E-state index is 0. The van der Waals surface area contributed by atoms with E-state index in [1.807, 2.05) is 42.5 Å². The number of hydrogen-bond acceptors (Lipinski definition) is 5. The lowest BCUT2D eigenvalue weighted by atomic mass is 10.2. The number of rotatable bonds is 9. The van der Waals surface area contributed by atoms with Gasteiger partial charge in [-0.1, -0.05) is 47.1 Å². The molecule has 30 heavy (non-hydrogen) atoms. The molecule has 7 nitrogen and oxygen atoms in total. The van der Waals surface area contributed by atoms with Crippen LogP contribution in [-0.2, 0) is 17.8 Å². The second-order valence-corrected chi connectivity index (χ2v) is 6.67. The van der Waals surface area contributed by atoms with Gasteiger partial charge in [0.05, 0.1) is 13.2 Å². The second-order valence-electron chi connectivity index (χ2n) is 6.23. The third-order valence-electron chi connectivity index (χ3n) is 4.08. The van der Waals surface area contributed by atoms with Crippen molar-refractivity contribution in [2.24, 2.45) is 4.99 Å². The lowest BCUT2D eigenvalue weighted by Crippen LogP contribution is -2.39. The Morgan fingerprint density at radius 3 is 2.53 bits per heavy atom. The number of aliphatic imine (C=N–C) groups is 1. The topological polar surface area (TPSA) is 84.6 Å². The van der Waals surface area contributed by atoms with Crippen molar-refractivity contribution in [3.05, 3.63) is 71.1 Å². The lowest BCUT2D eigenvalue weighted by Gasteiger charge is -2.11. The molecule has 0 aliphatic heterocycles. The normalized spacial score (nSPS) is 11.1. The van der Waals surface area contributed by atoms with Crippen molar-refractivity contribution < 1.29 is 9.26 Å². The zero-order valence-electron chi connectivity index (χ0n) is 16.7. The van der Waals surface area contributed by atoms with E-state index in [-0.39, 0.29) is 24.0 Å². The Bertz CT molecular complexity index is 903. The van der Waals surface area contributed by atoms with Gasteiger partial charge in [0.15, 0.2) is 5.96 Å². The first-order chi connectivity index (χ1) is 14.2. The summed E-state index contributed by atoms with van der Waals surface area (Å²) in [4.78, 5) is 8.60. The maximum atomic E-state index is 5.90. The second kappa shape index (κ2) is 13.2. The van der Waals surface area contributed by atoms with E-state index in [9.17, 15) is 0 Å². The molecule has 3 aromatic rings. The molecule has 160 valence electrons. The third kappa shape index (κ3) is 7.92. The minimum atomic E-state index is 0. The van der Waals surface area contributed by atoms with E-state index in [1.165, 1.54) is 0 Å². The fraction of sp³-hybridized carbons (Fsp3) is 0.286. The molecule has 0 amide bonds. The Kier molecular flexibility index (Phi) is 10.6. The fourth-order valence-electron chi connectivity index (χ4n) is 2.59. The van der Waals surface area contributed by atoms with E-state index in [1.54, 1.807) is 19.2 Å². The number of hydrogen-bond donors (Lipinski definition) is 2. The van der Waals surface area contributed by atoms with Crippen LogP contribution in [0.25, 0.3) is 11.4 Å². The van der Waals surface area contributed by atoms with Crippen LogP contribution in [0.3, 0.4) is 0 Å². The molecule has 9 heteroatoms. The van der Waals surface area contributed by atoms with Crippen LogP contribution in [0.15, 0.2) is 64.1 Å². The van der Waals surface area contributed by atoms with Crippen LogP contribution in [0, 0.1) is 0 Å². The van der Waals surface area contributed by atoms with Crippen LogP contribution < -0.4 is 10.6 Å². The number of ether oxygens (including phenoxy) is 1. The largest absolute Gasteiger partial charge is 0.375 e. The first kappa shape index (κ1) is 24.1. The van der Waals surface area contributed by atoms with Crippen molar-refractivity contribution >= 4 is 41.5 Å². The lowest BCUT2D eigenvalue weighted by molar-refractivity contribution is 0.125. The van der Waals surface area contributed by atoms with Crippen LogP contribution in [0.1, 0.15) is 11.5 Å². The fourth-order valence-corrected chi connectivity index (χ4v) is 2.71. The highest BCUT2D eigenvalue weighted by Crippen LogP contribution is 2.18. The standard InChI is InChI=1S/C21H24ClN5O2.HI/c1-23-21(25-13-14-28-15-16-5-3-2-4-6-16)24-12-11-19-26-20(27-29-19)17-7-9-18(22)10-8-17;/h2-10H,11-15H2,1H3,(H2,23,24,25);1H. The molecule has 1 aromatic heterocycles. The zero-order valence-corrected chi connectivity index (χ0v) is 19.8. The first-order valence-electron chi connectivity index (χ1n) is 9.39. The molecule has 0 atom stereocenters. The van der Waals surface area contributed by atoms with Crippen molar-refractivity contribution in [3.63, 3.8) is 0 Å². The van der Waals surface area contributed by atoms with Crippen LogP contribution in [-0.4, -0.2) is 42.8 Å². The van der Waals surface area contributed by atoms with E-state index in [2.05, 4.69) is 25.8 Å². The summed E-state index contributed by atoms with van der Waals surface area (Å²) in [6.07, 6.45) is 0.589. The van der Waals surface area contributed by atoms with E-state index in [0.29, 0.717) is 55.4 Å². The first-order valence-corrected chi connectivity index (χ1v) is 9.77. The molecule has 0 saturated heterocycles. The molecular formula is C21H25ClIN5O2. The molecule has 0 spiro atoms. The van der Waals surface area contributed by atoms with Crippen molar-refractivity contribution in [2.75, 3.05) is 26.7 Å². The van der Waals surface area contributed by atoms with Crippen LogP contribution in [0.4, 0.5) is 0 Å². The van der Waals surface area contributed by atoms with Gasteiger partial charge in [0.25, 0.3) is 0 Å². The Morgan fingerprint density at radius 1 is 1.07 bits per heavy atom. The predicted octanol–water partition coefficient (Wildman–Crippen LogP) is 3.93. The van der Waals surface area contributed by atoms with Crippen molar-refractivity contribution in [3.8, 4) is 11.4 Å². The van der Waals surface area contributed by atoms with Gasteiger partial charge in [-0.3, -0.25) is 4.99 Å². The van der Waals surface area contributed by atoms with Gasteiger partial charge in [-0.25, -0.2) is 0 Å². The number of nitrogens with one attached hydrogen (secondary N) is 2. The molecule has 0 bridgehead atoms. The molecule has 2 aromatic carbocycles. The van der Waals surface area contributed by atoms with Gasteiger partial charge in [-0.15, -0.1) is 24.0 Å². The Balaban J connectivity index is 0.00000320. The van der Waals surface area contributed by atoms with E-state index >= 15 is 0 Å². The Morgan fingerprint density at radius 2 is 1.80 bits per heavy atom. The van der Waals surface area contributed by atoms with Gasteiger partial charge in [-0.05, 0) is 29.8 Å². The average Bonchev–Trinajstić information content (AvgIpc) is 3.22.